The van der Waals surface area contributed by atoms with Crippen LogP contribution in [0.1, 0.15) is 19.4 Å². The molecule has 3 heteroatoms. The van der Waals surface area contributed by atoms with Crippen molar-refractivity contribution in [2.45, 2.75) is 26.3 Å². The van der Waals surface area contributed by atoms with E-state index in [2.05, 4.69) is 36.0 Å². The second-order valence-electron chi connectivity index (χ2n) is 4.05. The predicted octanol–water partition coefficient (Wildman–Crippen LogP) is 2.55. The summed E-state index contributed by atoms with van der Waals surface area (Å²) in [4.78, 5) is 0. The molecule has 0 radical (unpaired) electrons. The fourth-order valence-electron chi connectivity index (χ4n) is 1.55. The first-order valence-electron chi connectivity index (χ1n) is 5.47. The summed E-state index contributed by atoms with van der Waals surface area (Å²) in [6.45, 7) is 6.26. The van der Waals surface area contributed by atoms with Gasteiger partial charge in [0.2, 0.25) is 0 Å². The van der Waals surface area contributed by atoms with Gasteiger partial charge in [-0.2, -0.15) is 11.3 Å². The Morgan fingerprint density at radius 3 is 2.87 bits per heavy atom. The lowest BCUT2D eigenvalue weighted by molar-refractivity contribution is 0.192. The Labute approximate surface area is 96.7 Å². The SMILES string of the molecule is COCCNC(C)C(C)Cc1ccsc1. The van der Waals surface area contributed by atoms with Crippen LogP contribution < -0.4 is 5.32 Å². The molecule has 0 saturated carbocycles. The molecule has 86 valence electrons. The van der Waals surface area contributed by atoms with E-state index in [0.717, 1.165) is 19.6 Å². The molecule has 0 aliphatic rings. The molecule has 0 aliphatic heterocycles. The van der Waals surface area contributed by atoms with Crippen LogP contribution in [0.25, 0.3) is 0 Å². The highest BCUT2D eigenvalue weighted by atomic mass is 32.1. The van der Waals surface area contributed by atoms with Gasteiger partial charge in [-0.05, 0) is 41.7 Å². The Bertz CT molecular complexity index is 248. The van der Waals surface area contributed by atoms with Gasteiger partial charge in [-0.3, -0.25) is 0 Å². The molecule has 0 amide bonds. The molecule has 1 aromatic rings. The van der Waals surface area contributed by atoms with Gasteiger partial charge in [0.05, 0.1) is 6.61 Å². The lowest BCUT2D eigenvalue weighted by Gasteiger charge is -2.20. The zero-order valence-electron chi connectivity index (χ0n) is 9.82. The van der Waals surface area contributed by atoms with Gasteiger partial charge in [-0.15, -0.1) is 0 Å². The first-order chi connectivity index (χ1) is 7.24. The molecule has 0 spiro atoms. The van der Waals surface area contributed by atoms with Crippen molar-refractivity contribution in [2.75, 3.05) is 20.3 Å². The maximum Gasteiger partial charge on any atom is 0.0587 e. The molecule has 15 heavy (non-hydrogen) atoms. The molecule has 2 nitrogen and oxygen atoms in total. The van der Waals surface area contributed by atoms with E-state index in [1.54, 1.807) is 18.4 Å². The van der Waals surface area contributed by atoms with Crippen LogP contribution in [0.15, 0.2) is 16.8 Å². The quantitative estimate of drug-likeness (QED) is 0.723. The highest BCUT2D eigenvalue weighted by Gasteiger charge is 2.11. The normalized spacial score (nSPS) is 15.1. The molecular weight excluding hydrogens is 206 g/mol. The van der Waals surface area contributed by atoms with Crippen molar-refractivity contribution in [1.29, 1.82) is 0 Å². The van der Waals surface area contributed by atoms with Crippen molar-refractivity contribution in [3.63, 3.8) is 0 Å². The van der Waals surface area contributed by atoms with E-state index in [4.69, 9.17) is 4.74 Å². The van der Waals surface area contributed by atoms with Gasteiger partial charge < -0.3 is 10.1 Å². The summed E-state index contributed by atoms with van der Waals surface area (Å²) in [5.74, 6) is 0.663. The summed E-state index contributed by atoms with van der Waals surface area (Å²) in [6.07, 6.45) is 1.16. The molecule has 0 fully saturated rings. The topological polar surface area (TPSA) is 21.3 Å². The highest BCUT2D eigenvalue weighted by molar-refractivity contribution is 7.07. The van der Waals surface area contributed by atoms with Gasteiger partial charge in [0.1, 0.15) is 0 Å². The number of rotatable bonds is 7. The van der Waals surface area contributed by atoms with Gasteiger partial charge in [-0.1, -0.05) is 6.92 Å². The van der Waals surface area contributed by atoms with Crippen LogP contribution in [0, 0.1) is 5.92 Å². The van der Waals surface area contributed by atoms with Crippen LogP contribution in [0.4, 0.5) is 0 Å². The van der Waals surface area contributed by atoms with Crippen LogP contribution in [0.5, 0.6) is 0 Å². The van der Waals surface area contributed by atoms with E-state index in [0.29, 0.717) is 12.0 Å². The minimum atomic E-state index is 0.542. The van der Waals surface area contributed by atoms with Gasteiger partial charge in [0, 0.05) is 19.7 Å². The van der Waals surface area contributed by atoms with Crippen molar-refractivity contribution in [3.8, 4) is 0 Å². The summed E-state index contributed by atoms with van der Waals surface area (Å²) in [5, 5.41) is 7.85. The number of ether oxygens (including phenoxy) is 1. The van der Waals surface area contributed by atoms with Crippen molar-refractivity contribution in [3.05, 3.63) is 22.4 Å². The van der Waals surface area contributed by atoms with E-state index in [9.17, 15) is 0 Å². The molecule has 0 aliphatic carbocycles. The first-order valence-corrected chi connectivity index (χ1v) is 6.41. The standard InChI is InChI=1S/C12H21NOS/c1-10(8-12-4-7-15-9-12)11(2)13-5-6-14-3/h4,7,9-11,13H,5-6,8H2,1-3H3. The summed E-state index contributed by atoms with van der Waals surface area (Å²) in [6, 6.07) is 2.75. The summed E-state index contributed by atoms with van der Waals surface area (Å²) in [5.41, 5.74) is 1.45. The Hall–Kier alpha value is -0.380. The maximum atomic E-state index is 5.02. The number of thiophene rings is 1. The second kappa shape index (κ2) is 6.99. The highest BCUT2D eigenvalue weighted by Crippen LogP contribution is 2.14. The third-order valence-electron chi connectivity index (χ3n) is 2.76. The minimum absolute atomic E-state index is 0.542. The Kier molecular flexibility index (Phi) is 5.91. The van der Waals surface area contributed by atoms with Crippen molar-refractivity contribution in [2.24, 2.45) is 5.92 Å². The molecule has 0 aromatic carbocycles. The van der Waals surface area contributed by atoms with E-state index >= 15 is 0 Å². The predicted molar refractivity (Wildman–Crippen MR) is 66.5 cm³/mol. The van der Waals surface area contributed by atoms with Gasteiger partial charge in [0.25, 0.3) is 0 Å². The molecule has 2 unspecified atom stereocenters. The van der Waals surface area contributed by atoms with Crippen molar-refractivity contribution >= 4 is 11.3 Å². The largest absolute Gasteiger partial charge is 0.383 e. The van der Waals surface area contributed by atoms with Crippen molar-refractivity contribution in [1.82, 2.24) is 5.32 Å². The van der Waals surface area contributed by atoms with E-state index in [1.165, 1.54) is 5.56 Å². The number of hydrogen-bond donors (Lipinski definition) is 1. The summed E-state index contributed by atoms with van der Waals surface area (Å²) >= 11 is 1.77. The lowest BCUT2D eigenvalue weighted by atomic mass is 9.96. The van der Waals surface area contributed by atoms with Gasteiger partial charge >= 0.3 is 0 Å². The smallest absolute Gasteiger partial charge is 0.0587 e. The third-order valence-corrected chi connectivity index (χ3v) is 3.50. The summed E-state index contributed by atoms with van der Waals surface area (Å²) in [7, 11) is 1.74. The van der Waals surface area contributed by atoms with Crippen molar-refractivity contribution < 1.29 is 4.74 Å². The van der Waals surface area contributed by atoms with Crippen LogP contribution >= 0.6 is 11.3 Å². The Morgan fingerprint density at radius 2 is 2.27 bits per heavy atom. The monoisotopic (exact) mass is 227 g/mol. The second-order valence-corrected chi connectivity index (χ2v) is 4.83. The molecule has 1 rings (SSSR count). The Morgan fingerprint density at radius 1 is 1.47 bits per heavy atom. The molecule has 1 aromatic heterocycles. The fraction of sp³-hybridized carbons (Fsp3) is 0.667. The zero-order chi connectivity index (χ0) is 11.1. The number of nitrogens with one attached hydrogen (secondary N) is 1. The minimum Gasteiger partial charge on any atom is -0.383 e. The first kappa shape index (κ1) is 12.7. The molecule has 1 heterocycles. The fourth-order valence-corrected chi connectivity index (χ4v) is 2.23. The number of methoxy groups -OCH3 is 1. The van der Waals surface area contributed by atoms with Crippen LogP contribution in [0.2, 0.25) is 0 Å². The average Bonchev–Trinajstić information content (AvgIpc) is 2.70. The molecular formula is C12H21NOS. The maximum absolute atomic E-state index is 5.02. The van der Waals surface area contributed by atoms with Gasteiger partial charge in [0.15, 0.2) is 0 Å². The lowest BCUT2D eigenvalue weighted by Crippen LogP contribution is -2.35. The van der Waals surface area contributed by atoms with E-state index < -0.39 is 0 Å². The summed E-state index contributed by atoms with van der Waals surface area (Å²) < 4.78 is 5.02. The van der Waals surface area contributed by atoms with E-state index in [-0.39, 0.29) is 0 Å². The zero-order valence-corrected chi connectivity index (χ0v) is 10.6. The Balaban J connectivity index is 2.23. The average molecular weight is 227 g/mol. The third kappa shape index (κ3) is 4.78. The van der Waals surface area contributed by atoms with E-state index in [1.807, 2.05) is 0 Å². The molecule has 0 bridgehead atoms. The number of hydrogen-bond acceptors (Lipinski definition) is 3. The van der Waals surface area contributed by atoms with Crippen LogP contribution in [-0.2, 0) is 11.2 Å². The molecule has 0 saturated heterocycles. The van der Waals surface area contributed by atoms with Crippen LogP contribution in [0.3, 0.4) is 0 Å². The molecule has 1 N–H and O–H groups in total. The van der Waals surface area contributed by atoms with Crippen LogP contribution in [-0.4, -0.2) is 26.3 Å². The van der Waals surface area contributed by atoms with Gasteiger partial charge in [-0.25, -0.2) is 0 Å². The molecule has 2 atom stereocenters.